The highest BCUT2D eigenvalue weighted by Gasteiger charge is 2.07. The molecular formula is C16H19N5. The number of hydrogen-bond acceptors (Lipinski definition) is 4. The van der Waals surface area contributed by atoms with E-state index in [1.807, 2.05) is 16.8 Å². The van der Waals surface area contributed by atoms with E-state index >= 15 is 0 Å². The van der Waals surface area contributed by atoms with Crippen molar-refractivity contribution in [1.29, 1.82) is 0 Å². The van der Waals surface area contributed by atoms with Crippen molar-refractivity contribution < 1.29 is 0 Å². The van der Waals surface area contributed by atoms with Gasteiger partial charge in [-0.3, -0.25) is 0 Å². The van der Waals surface area contributed by atoms with E-state index in [0.29, 0.717) is 0 Å². The van der Waals surface area contributed by atoms with Crippen molar-refractivity contribution in [2.75, 3.05) is 17.2 Å². The molecule has 5 heteroatoms. The SMILES string of the molecule is CCNc1cn2ccnc2c(Nc2ccc(CC)cc2)n1. The average molecular weight is 281 g/mol. The zero-order valence-electron chi connectivity index (χ0n) is 12.3. The molecule has 0 atom stereocenters. The van der Waals surface area contributed by atoms with Crippen LogP contribution in [0.1, 0.15) is 19.4 Å². The molecule has 0 amide bonds. The zero-order chi connectivity index (χ0) is 14.7. The predicted molar refractivity (Wildman–Crippen MR) is 86.3 cm³/mol. The van der Waals surface area contributed by atoms with Gasteiger partial charge < -0.3 is 15.0 Å². The highest BCUT2D eigenvalue weighted by Crippen LogP contribution is 2.21. The smallest absolute Gasteiger partial charge is 0.180 e. The lowest BCUT2D eigenvalue weighted by atomic mass is 10.1. The van der Waals surface area contributed by atoms with Crippen LogP contribution >= 0.6 is 0 Å². The van der Waals surface area contributed by atoms with Crippen LogP contribution in [0.2, 0.25) is 0 Å². The molecule has 0 radical (unpaired) electrons. The normalized spacial score (nSPS) is 10.8. The molecule has 0 bridgehead atoms. The van der Waals surface area contributed by atoms with Crippen molar-refractivity contribution in [3.63, 3.8) is 0 Å². The largest absolute Gasteiger partial charge is 0.369 e. The summed E-state index contributed by atoms with van der Waals surface area (Å²) in [4.78, 5) is 8.96. The molecule has 2 N–H and O–H groups in total. The number of aromatic nitrogens is 3. The van der Waals surface area contributed by atoms with Crippen LogP contribution in [0.4, 0.5) is 17.3 Å². The summed E-state index contributed by atoms with van der Waals surface area (Å²) < 4.78 is 1.97. The summed E-state index contributed by atoms with van der Waals surface area (Å²) in [5.41, 5.74) is 3.15. The minimum atomic E-state index is 0.752. The molecule has 0 aliphatic heterocycles. The summed E-state index contributed by atoms with van der Waals surface area (Å²) in [6.07, 6.45) is 6.68. The molecule has 1 aromatic carbocycles. The quantitative estimate of drug-likeness (QED) is 0.752. The van der Waals surface area contributed by atoms with E-state index in [0.717, 1.165) is 35.9 Å². The van der Waals surface area contributed by atoms with E-state index in [1.165, 1.54) is 5.56 Å². The third kappa shape index (κ3) is 2.81. The Kier molecular flexibility index (Phi) is 3.73. The molecule has 3 rings (SSSR count). The summed E-state index contributed by atoms with van der Waals surface area (Å²) >= 11 is 0. The number of hydrogen-bond donors (Lipinski definition) is 2. The van der Waals surface area contributed by atoms with E-state index in [-0.39, 0.29) is 0 Å². The Bertz CT molecular complexity index is 730. The molecule has 2 heterocycles. The van der Waals surface area contributed by atoms with Gasteiger partial charge in [0.25, 0.3) is 0 Å². The number of fused-ring (bicyclic) bond motifs is 1. The first-order chi connectivity index (χ1) is 10.3. The van der Waals surface area contributed by atoms with Crippen LogP contribution in [-0.2, 0) is 6.42 Å². The molecule has 2 aromatic heterocycles. The van der Waals surface area contributed by atoms with Crippen LogP contribution in [0, 0.1) is 0 Å². The Morgan fingerprint density at radius 2 is 1.95 bits per heavy atom. The zero-order valence-corrected chi connectivity index (χ0v) is 12.3. The lowest BCUT2D eigenvalue weighted by Gasteiger charge is -2.10. The van der Waals surface area contributed by atoms with Gasteiger partial charge in [-0.05, 0) is 31.0 Å². The molecule has 108 valence electrons. The van der Waals surface area contributed by atoms with Crippen molar-refractivity contribution in [2.45, 2.75) is 20.3 Å². The minimum absolute atomic E-state index is 0.752. The van der Waals surface area contributed by atoms with E-state index in [2.05, 4.69) is 58.7 Å². The molecule has 5 nitrogen and oxygen atoms in total. The van der Waals surface area contributed by atoms with Gasteiger partial charge in [0.05, 0.1) is 6.20 Å². The number of aryl methyl sites for hydroxylation is 1. The Labute approximate surface area is 124 Å². The highest BCUT2D eigenvalue weighted by atomic mass is 15.1. The maximum absolute atomic E-state index is 4.60. The van der Waals surface area contributed by atoms with Gasteiger partial charge in [-0.2, -0.15) is 0 Å². The molecule has 0 unspecified atom stereocenters. The molecular weight excluding hydrogens is 262 g/mol. The number of nitrogens with one attached hydrogen (secondary N) is 2. The van der Waals surface area contributed by atoms with Gasteiger partial charge in [0, 0.05) is 24.6 Å². The van der Waals surface area contributed by atoms with E-state index < -0.39 is 0 Å². The number of benzene rings is 1. The Hall–Kier alpha value is -2.56. The average Bonchev–Trinajstić information content (AvgIpc) is 2.97. The summed E-state index contributed by atoms with van der Waals surface area (Å²) in [6, 6.07) is 8.39. The molecule has 0 aliphatic carbocycles. The molecule has 0 saturated carbocycles. The first-order valence-corrected chi connectivity index (χ1v) is 7.23. The van der Waals surface area contributed by atoms with Crippen molar-refractivity contribution in [2.24, 2.45) is 0 Å². The predicted octanol–water partition coefficient (Wildman–Crippen LogP) is 3.47. The van der Waals surface area contributed by atoms with Gasteiger partial charge >= 0.3 is 0 Å². The topological polar surface area (TPSA) is 54.2 Å². The monoisotopic (exact) mass is 281 g/mol. The van der Waals surface area contributed by atoms with E-state index in [9.17, 15) is 0 Å². The molecule has 0 aliphatic rings. The van der Waals surface area contributed by atoms with Gasteiger partial charge in [-0.25, -0.2) is 9.97 Å². The fraction of sp³-hybridized carbons (Fsp3) is 0.250. The fourth-order valence-corrected chi connectivity index (χ4v) is 2.24. The standard InChI is InChI=1S/C16H19N5/c1-3-12-5-7-13(8-6-12)19-15-16-18-9-10-21(16)11-14(20-15)17-4-2/h5-11,17H,3-4H2,1-2H3,(H,19,20). The van der Waals surface area contributed by atoms with Gasteiger partial charge in [0.15, 0.2) is 11.5 Å². The maximum Gasteiger partial charge on any atom is 0.180 e. The summed E-state index contributed by atoms with van der Waals surface area (Å²) in [7, 11) is 0. The Morgan fingerprint density at radius 1 is 1.14 bits per heavy atom. The van der Waals surface area contributed by atoms with Crippen molar-refractivity contribution in [3.8, 4) is 0 Å². The number of nitrogens with zero attached hydrogens (tertiary/aromatic N) is 3. The first-order valence-electron chi connectivity index (χ1n) is 7.23. The van der Waals surface area contributed by atoms with Crippen LogP contribution in [0.3, 0.4) is 0 Å². The number of rotatable bonds is 5. The molecule has 0 spiro atoms. The molecule has 21 heavy (non-hydrogen) atoms. The Morgan fingerprint density at radius 3 is 2.67 bits per heavy atom. The summed E-state index contributed by atoms with van der Waals surface area (Å²) in [5, 5.41) is 6.58. The van der Waals surface area contributed by atoms with Crippen LogP contribution in [-0.4, -0.2) is 20.9 Å². The van der Waals surface area contributed by atoms with Gasteiger partial charge in [0.2, 0.25) is 0 Å². The third-order valence-electron chi connectivity index (χ3n) is 3.36. The van der Waals surface area contributed by atoms with Crippen molar-refractivity contribution >= 4 is 23.0 Å². The lowest BCUT2D eigenvalue weighted by Crippen LogP contribution is -2.05. The summed E-state index contributed by atoms with van der Waals surface area (Å²) in [6.45, 7) is 5.03. The maximum atomic E-state index is 4.60. The van der Waals surface area contributed by atoms with Crippen molar-refractivity contribution in [1.82, 2.24) is 14.4 Å². The minimum Gasteiger partial charge on any atom is -0.369 e. The molecule has 3 aromatic rings. The summed E-state index contributed by atoms with van der Waals surface area (Å²) in [5.74, 6) is 1.58. The Balaban J connectivity index is 1.95. The fourth-order valence-electron chi connectivity index (χ4n) is 2.24. The highest BCUT2D eigenvalue weighted by molar-refractivity contribution is 5.71. The van der Waals surface area contributed by atoms with E-state index in [1.54, 1.807) is 6.20 Å². The van der Waals surface area contributed by atoms with E-state index in [4.69, 9.17) is 0 Å². The third-order valence-corrected chi connectivity index (χ3v) is 3.36. The van der Waals surface area contributed by atoms with Crippen LogP contribution < -0.4 is 10.6 Å². The number of anilines is 3. The first kappa shape index (κ1) is 13.4. The van der Waals surface area contributed by atoms with Crippen LogP contribution in [0.15, 0.2) is 42.9 Å². The van der Waals surface area contributed by atoms with Crippen LogP contribution in [0.25, 0.3) is 5.65 Å². The van der Waals surface area contributed by atoms with Crippen LogP contribution in [0.5, 0.6) is 0 Å². The second kappa shape index (κ2) is 5.83. The molecule has 0 saturated heterocycles. The lowest BCUT2D eigenvalue weighted by molar-refractivity contribution is 1.09. The molecule has 0 fully saturated rings. The van der Waals surface area contributed by atoms with Gasteiger partial charge in [-0.1, -0.05) is 19.1 Å². The van der Waals surface area contributed by atoms with Crippen molar-refractivity contribution in [3.05, 3.63) is 48.4 Å². The van der Waals surface area contributed by atoms with Gasteiger partial charge in [0.1, 0.15) is 5.82 Å². The number of imidazole rings is 1. The second-order valence-electron chi connectivity index (χ2n) is 4.84. The van der Waals surface area contributed by atoms with Gasteiger partial charge in [-0.15, -0.1) is 0 Å². The second-order valence-corrected chi connectivity index (χ2v) is 4.84.